The zero-order valence-corrected chi connectivity index (χ0v) is 19.2. The number of amides is 1. The zero-order valence-electron chi connectivity index (χ0n) is 19.2. The molecule has 0 saturated carbocycles. The Balaban J connectivity index is 1.80. The molecular weight excluding hydrogens is 422 g/mol. The summed E-state index contributed by atoms with van der Waals surface area (Å²) < 4.78 is 17.4. The van der Waals surface area contributed by atoms with Gasteiger partial charge in [-0.05, 0) is 48.6 Å². The number of rotatable bonds is 9. The number of para-hydroxylation sites is 1. The highest BCUT2D eigenvalue weighted by Crippen LogP contribution is 2.41. The molecule has 1 unspecified atom stereocenters. The van der Waals surface area contributed by atoms with Crippen molar-refractivity contribution in [3.63, 3.8) is 0 Å². The maximum atomic E-state index is 13.5. The van der Waals surface area contributed by atoms with Crippen LogP contribution in [0.1, 0.15) is 54.4 Å². The van der Waals surface area contributed by atoms with Crippen LogP contribution in [-0.4, -0.2) is 42.8 Å². The Bertz CT molecular complexity index is 1220. The Morgan fingerprint density at radius 2 is 1.91 bits per heavy atom. The fourth-order valence-electron chi connectivity index (χ4n) is 4.16. The summed E-state index contributed by atoms with van der Waals surface area (Å²) in [6, 6.07) is 11.7. The van der Waals surface area contributed by atoms with Crippen LogP contribution in [0.25, 0.3) is 11.0 Å². The summed E-state index contributed by atoms with van der Waals surface area (Å²) in [5, 5.41) is 9.81. The summed E-state index contributed by atoms with van der Waals surface area (Å²) in [5.41, 5.74) is 1.18. The third-order valence-corrected chi connectivity index (χ3v) is 5.89. The van der Waals surface area contributed by atoms with Gasteiger partial charge >= 0.3 is 0 Å². The van der Waals surface area contributed by atoms with E-state index in [0.29, 0.717) is 47.0 Å². The lowest BCUT2D eigenvalue weighted by Gasteiger charge is -2.25. The molecule has 0 spiro atoms. The maximum Gasteiger partial charge on any atom is 0.290 e. The Labute approximate surface area is 192 Å². The number of methoxy groups -OCH3 is 1. The molecule has 1 aliphatic rings. The fourth-order valence-corrected chi connectivity index (χ4v) is 4.16. The van der Waals surface area contributed by atoms with Gasteiger partial charge < -0.3 is 23.9 Å². The molecule has 4 rings (SSSR count). The molecule has 7 nitrogen and oxygen atoms in total. The summed E-state index contributed by atoms with van der Waals surface area (Å²) in [6.07, 6.45) is 1.30. The van der Waals surface area contributed by atoms with E-state index < -0.39 is 6.04 Å². The minimum atomic E-state index is -0.640. The first kappa shape index (κ1) is 22.9. The third kappa shape index (κ3) is 4.33. The van der Waals surface area contributed by atoms with Crippen molar-refractivity contribution in [3.8, 4) is 11.5 Å². The molecular formula is C26H29NO6. The molecule has 174 valence electrons. The number of nitrogens with zero attached hydrogens (tertiary/aromatic N) is 1. The Morgan fingerprint density at radius 1 is 1.12 bits per heavy atom. The molecule has 0 saturated heterocycles. The van der Waals surface area contributed by atoms with Crippen LogP contribution >= 0.6 is 0 Å². The fraction of sp³-hybridized carbons (Fsp3) is 0.385. The predicted octanol–water partition coefficient (Wildman–Crippen LogP) is 4.15. The topological polar surface area (TPSA) is 89.2 Å². The van der Waals surface area contributed by atoms with Crippen LogP contribution in [0.3, 0.4) is 0 Å². The number of benzene rings is 2. The van der Waals surface area contributed by atoms with Crippen molar-refractivity contribution >= 4 is 16.9 Å². The first-order chi connectivity index (χ1) is 16.0. The number of aliphatic hydroxyl groups excluding tert-OH is 1. The Morgan fingerprint density at radius 3 is 2.64 bits per heavy atom. The van der Waals surface area contributed by atoms with Crippen molar-refractivity contribution in [2.24, 2.45) is 5.92 Å². The molecule has 0 aliphatic carbocycles. The van der Waals surface area contributed by atoms with Gasteiger partial charge in [0.15, 0.2) is 16.9 Å². The standard InChI is InChI=1S/C26H29NO6/c1-16(2)11-14-32-20-10-9-17(15-21(20)31-3)23-22-24(29)18-7-4-5-8-19(18)33-25(22)26(30)27(23)12-6-13-28/h4-5,7-10,15-16,23,28H,6,11-14H2,1-3H3. The normalized spacial score (nSPS) is 15.4. The van der Waals surface area contributed by atoms with E-state index in [4.69, 9.17) is 13.9 Å². The van der Waals surface area contributed by atoms with E-state index in [1.165, 1.54) is 0 Å². The van der Waals surface area contributed by atoms with Crippen LogP contribution in [0.2, 0.25) is 0 Å². The summed E-state index contributed by atoms with van der Waals surface area (Å²) in [4.78, 5) is 28.3. The number of ether oxygens (including phenoxy) is 2. The molecule has 0 radical (unpaired) electrons. The van der Waals surface area contributed by atoms with Gasteiger partial charge in [0.2, 0.25) is 5.76 Å². The number of fused-ring (bicyclic) bond motifs is 2. The Kier molecular flexibility index (Phi) is 6.70. The monoisotopic (exact) mass is 451 g/mol. The minimum absolute atomic E-state index is 0.0536. The van der Waals surface area contributed by atoms with Gasteiger partial charge in [-0.25, -0.2) is 0 Å². The number of hydrogen-bond acceptors (Lipinski definition) is 6. The quantitative estimate of drug-likeness (QED) is 0.526. The molecule has 0 bridgehead atoms. The van der Waals surface area contributed by atoms with Gasteiger partial charge in [-0.3, -0.25) is 9.59 Å². The van der Waals surface area contributed by atoms with E-state index in [1.807, 2.05) is 12.1 Å². The van der Waals surface area contributed by atoms with E-state index in [9.17, 15) is 14.7 Å². The molecule has 1 aliphatic heterocycles. The first-order valence-electron chi connectivity index (χ1n) is 11.2. The largest absolute Gasteiger partial charge is 0.493 e. The van der Waals surface area contributed by atoms with Gasteiger partial charge in [0.25, 0.3) is 5.91 Å². The third-order valence-electron chi connectivity index (χ3n) is 5.89. The van der Waals surface area contributed by atoms with Crippen LogP contribution in [-0.2, 0) is 0 Å². The average molecular weight is 452 g/mol. The predicted molar refractivity (Wildman–Crippen MR) is 125 cm³/mol. The number of carbonyl (C=O) groups excluding carboxylic acids is 1. The molecule has 7 heteroatoms. The first-order valence-corrected chi connectivity index (χ1v) is 11.2. The smallest absolute Gasteiger partial charge is 0.290 e. The Hall–Kier alpha value is -3.32. The molecule has 1 aromatic heterocycles. The molecule has 33 heavy (non-hydrogen) atoms. The van der Waals surface area contributed by atoms with Crippen molar-refractivity contribution < 1.29 is 23.8 Å². The van der Waals surface area contributed by atoms with Crippen molar-refractivity contribution in [3.05, 3.63) is 69.6 Å². The van der Waals surface area contributed by atoms with E-state index in [0.717, 1.165) is 12.0 Å². The van der Waals surface area contributed by atoms with E-state index in [1.54, 1.807) is 42.3 Å². The molecule has 1 atom stereocenters. The van der Waals surface area contributed by atoms with Crippen LogP contribution in [0, 0.1) is 5.92 Å². The molecule has 2 heterocycles. The van der Waals surface area contributed by atoms with Crippen LogP contribution in [0.5, 0.6) is 11.5 Å². The van der Waals surface area contributed by atoms with Gasteiger partial charge in [0.1, 0.15) is 5.58 Å². The van der Waals surface area contributed by atoms with Gasteiger partial charge in [0, 0.05) is 13.2 Å². The summed E-state index contributed by atoms with van der Waals surface area (Å²) >= 11 is 0. The van der Waals surface area contributed by atoms with Gasteiger partial charge in [-0.1, -0.05) is 32.0 Å². The highest BCUT2D eigenvalue weighted by atomic mass is 16.5. The van der Waals surface area contributed by atoms with E-state index in [-0.39, 0.29) is 30.2 Å². The molecule has 2 aromatic carbocycles. The second kappa shape index (κ2) is 9.67. The average Bonchev–Trinajstić information content (AvgIpc) is 3.09. The van der Waals surface area contributed by atoms with Gasteiger partial charge in [0.05, 0.1) is 30.7 Å². The minimum Gasteiger partial charge on any atom is -0.493 e. The molecule has 3 aromatic rings. The van der Waals surface area contributed by atoms with Crippen molar-refractivity contribution in [2.75, 3.05) is 26.9 Å². The van der Waals surface area contributed by atoms with Crippen molar-refractivity contribution in [1.82, 2.24) is 4.90 Å². The number of hydrogen-bond donors (Lipinski definition) is 1. The maximum absolute atomic E-state index is 13.5. The van der Waals surface area contributed by atoms with Crippen LogP contribution < -0.4 is 14.9 Å². The summed E-state index contributed by atoms with van der Waals surface area (Å²) in [6.45, 7) is 5.05. The lowest BCUT2D eigenvalue weighted by Crippen LogP contribution is -2.31. The molecule has 0 fully saturated rings. The lowest BCUT2D eigenvalue weighted by atomic mass is 9.98. The SMILES string of the molecule is COc1cc(C2c3c(oc4ccccc4c3=O)C(=O)N2CCCO)ccc1OCCC(C)C. The second-order valence-electron chi connectivity index (χ2n) is 8.59. The zero-order chi connectivity index (χ0) is 23.5. The van der Waals surface area contributed by atoms with E-state index in [2.05, 4.69) is 13.8 Å². The van der Waals surface area contributed by atoms with Crippen molar-refractivity contribution in [1.29, 1.82) is 0 Å². The van der Waals surface area contributed by atoms with Crippen LogP contribution in [0.4, 0.5) is 0 Å². The highest BCUT2D eigenvalue weighted by molar-refractivity contribution is 5.99. The van der Waals surface area contributed by atoms with Crippen molar-refractivity contribution in [2.45, 2.75) is 32.7 Å². The highest BCUT2D eigenvalue weighted by Gasteiger charge is 2.42. The second-order valence-corrected chi connectivity index (χ2v) is 8.59. The van der Waals surface area contributed by atoms with Gasteiger partial charge in [-0.2, -0.15) is 0 Å². The number of aliphatic hydroxyl groups is 1. The molecule has 1 amide bonds. The lowest BCUT2D eigenvalue weighted by molar-refractivity contribution is 0.0716. The number of carbonyl (C=O) groups is 1. The van der Waals surface area contributed by atoms with Crippen LogP contribution in [0.15, 0.2) is 51.7 Å². The molecule has 1 N–H and O–H groups in total. The summed E-state index contributed by atoms with van der Waals surface area (Å²) in [7, 11) is 1.56. The van der Waals surface area contributed by atoms with Gasteiger partial charge in [-0.15, -0.1) is 0 Å². The van der Waals surface area contributed by atoms with E-state index >= 15 is 0 Å². The summed E-state index contributed by atoms with van der Waals surface area (Å²) in [5.74, 6) is 1.36.